The van der Waals surface area contributed by atoms with Crippen molar-refractivity contribution in [1.29, 1.82) is 0 Å². The number of hydrogen-bond acceptors (Lipinski definition) is 1. The van der Waals surface area contributed by atoms with E-state index in [0.717, 1.165) is 39.8 Å². The Bertz CT molecular complexity index is 5690. The Balaban J connectivity index is 0.889. The Hall–Kier alpha value is -10.5. The van der Waals surface area contributed by atoms with Crippen LogP contribution in [0.1, 0.15) is 31.9 Å². The van der Waals surface area contributed by atoms with E-state index in [1.165, 1.54) is 137 Å². The van der Waals surface area contributed by atoms with Gasteiger partial charge < -0.3 is 27.6 Å². The van der Waals surface area contributed by atoms with Crippen LogP contribution in [0.25, 0.3) is 137 Å². The molecule has 0 atom stereocenters. The van der Waals surface area contributed by atoms with Crippen molar-refractivity contribution < 1.29 is 4.74 Å². The van der Waals surface area contributed by atoms with Crippen LogP contribution in [0.5, 0.6) is 11.5 Å². The molecule has 0 spiro atoms. The summed E-state index contributed by atoms with van der Waals surface area (Å²) in [4.78, 5) is 0. The number of nitrogens with zero attached hydrogens (tertiary/aromatic N) is 5. The highest BCUT2D eigenvalue weighted by Crippen LogP contribution is 2.44. The van der Waals surface area contributed by atoms with Crippen LogP contribution in [-0.4, -0.2) is 29.5 Å². The van der Waals surface area contributed by atoms with E-state index in [2.05, 4.69) is 293 Å². The second kappa shape index (κ2) is 16.4. The lowest BCUT2D eigenvalue weighted by atomic mass is 9.34. The molecule has 0 saturated heterocycles. The fraction of sp³-hybridized carbons (Fsp3) is 0.0649. The first kappa shape index (κ1) is 46.1. The van der Waals surface area contributed by atoms with Crippen molar-refractivity contribution >= 4 is 132 Å². The summed E-state index contributed by atoms with van der Waals surface area (Å²) in [7, 11) is 0. The largest absolute Gasteiger partial charge is 0.458 e. The maximum atomic E-state index is 7.08. The highest BCUT2D eigenvalue weighted by molar-refractivity contribution is 6.99. The first-order valence-corrected chi connectivity index (χ1v) is 29.4. The molecule has 0 aliphatic carbocycles. The maximum Gasteiger partial charge on any atom is 0.256 e. The van der Waals surface area contributed by atoms with Crippen LogP contribution in [0, 0.1) is 6.92 Å². The van der Waals surface area contributed by atoms with E-state index in [9.17, 15) is 0 Å². The van der Waals surface area contributed by atoms with E-state index >= 15 is 0 Å². The van der Waals surface area contributed by atoms with Gasteiger partial charge in [0.1, 0.15) is 11.5 Å². The summed E-state index contributed by atoms with van der Waals surface area (Å²) in [5, 5.41) is 12.3. The van der Waals surface area contributed by atoms with Gasteiger partial charge in [0.2, 0.25) is 0 Å². The van der Waals surface area contributed by atoms with E-state index in [1.54, 1.807) is 0 Å². The highest BCUT2D eigenvalue weighted by atomic mass is 16.5. The Morgan fingerprint density at radius 2 is 0.690 bits per heavy atom. The molecule has 84 heavy (non-hydrogen) atoms. The smallest absolute Gasteiger partial charge is 0.256 e. The van der Waals surface area contributed by atoms with Crippen LogP contribution in [0.3, 0.4) is 0 Å². The highest BCUT2D eigenvalue weighted by Gasteiger charge is 2.42. The zero-order valence-corrected chi connectivity index (χ0v) is 46.8. The van der Waals surface area contributed by atoms with Gasteiger partial charge in [0.25, 0.3) is 6.71 Å². The minimum atomic E-state index is -0.0866. The normalized spacial score (nSPS) is 13.1. The van der Waals surface area contributed by atoms with Crippen molar-refractivity contribution in [3.8, 4) is 39.9 Å². The van der Waals surface area contributed by atoms with Crippen LogP contribution in [0.15, 0.2) is 243 Å². The summed E-state index contributed by atoms with van der Waals surface area (Å²) >= 11 is 0. The maximum absolute atomic E-state index is 7.08. The van der Waals surface area contributed by atoms with Crippen molar-refractivity contribution in [2.75, 3.05) is 0 Å². The van der Waals surface area contributed by atoms with Crippen molar-refractivity contribution in [1.82, 2.24) is 22.8 Å². The van der Waals surface area contributed by atoms with Gasteiger partial charge in [-0.25, -0.2) is 0 Å². The second-order valence-electron chi connectivity index (χ2n) is 24.5. The number of aromatic nitrogens is 5. The van der Waals surface area contributed by atoms with E-state index in [1.807, 2.05) is 0 Å². The summed E-state index contributed by atoms with van der Waals surface area (Å²) in [5.41, 5.74) is 23.7. The Labute approximate surface area is 483 Å². The van der Waals surface area contributed by atoms with Crippen LogP contribution in [-0.2, 0) is 5.41 Å². The van der Waals surface area contributed by atoms with E-state index in [4.69, 9.17) is 4.74 Å². The summed E-state index contributed by atoms with van der Waals surface area (Å²) in [5.74, 6) is 1.85. The molecule has 0 radical (unpaired) electrons. The molecule has 0 saturated carbocycles. The van der Waals surface area contributed by atoms with Gasteiger partial charge in [-0.1, -0.05) is 142 Å². The molecule has 17 aromatic rings. The fourth-order valence-electron chi connectivity index (χ4n) is 15.3. The van der Waals surface area contributed by atoms with Gasteiger partial charge in [0.15, 0.2) is 0 Å². The lowest BCUT2D eigenvalue weighted by molar-refractivity contribution is 0.485. The molecule has 6 nitrogen and oxygen atoms in total. The molecule has 394 valence electrons. The van der Waals surface area contributed by atoms with Gasteiger partial charge in [0.05, 0.1) is 49.7 Å². The first-order valence-electron chi connectivity index (χ1n) is 29.4. The third kappa shape index (κ3) is 6.09. The minimum Gasteiger partial charge on any atom is -0.458 e. The van der Waals surface area contributed by atoms with Gasteiger partial charge in [-0.2, -0.15) is 0 Å². The van der Waals surface area contributed by atoms with Gasteiger partial charge in [0, 0.05) is 87.8 Å². The molecule has 19 rings (SSSR count). The van der Waals surface area contributed by atoms with Crippen molar-refractivity contribution in [3.63, 3.8) is 0 Å². The lowest BCUT2D eigenvalue weighted by Crippen LogP contribution is -2.58. The molecular weight excluding hydrogens is 1020 g/mol. The third-order valence-corrected chi connectivity index (χ3v) is 18.9. The van der Waals surface area contributed by atoms with Crippen LogP contribution in [0.4, 0.5) is 0 Å². The molecule has 5 aromatic heterocycles. The number of para-hydroxylation sites is 6. The number of aryl methyl sites for hydroxylation is 1. The van der Waals surface area contributed by atoms with Crippen LogP contribution >= 0.6 is 0 Å². The first-order chi connectivity index (χ1) is 41.2. The van der Waals surface area contributed by atoms with Crippen LogP contribution < -0.4 is 21.1 Å². The Morgan fingerprint density at radius 3 is 1.14 bits per heavy atom. The molecule has 0 unspecified atom stereocenters. The molecule has 7 heterocycles. The fourth-order valence-corrected chi connectivity index (χ4v) is 15.3. The summed E-state index contributed by atoms with van der Waals surface area (Å²) in [6.07, 6.45) is 0. The molecular formula is C77H52BN5O. The lowest BCUT2D eigenvalue weighted by Gasteiger charge is -2.35. The van der Waals surface area contributed by atoms with Crippen molar-refractivity contribution in [2.45, 2.75) is 33.1 Å². The third-order valence-electron chi connectivity index (χ3n) is 18.9. The summed E-state index contributed by atoms with van der Waals surface area (Å²) < 4.78 is 19.5. The molecule has 2 aliphatic rings. The molecule has 7 heteroatoms. The molecule has 0 N–H and O–H groups in total. The molecule has 2 aliphatic heterocycles. The standard InChI is InChI=1S/C77H52BN5O/c1-45-37-72-75-74(38-45)84-73-36-29-46(77(2,3)4)39-61(73)78(75)62-44-50(82-68-28-16-10-22-56(68)58-41-48(31-34-70(58)82)80-65-25-13-7-19-53(65)54-20-8-14-26-66(54)80)43-60-59-42-49(32-35-71(59)83(72)76(60)62)81-67-27-15-9-21-55(67)57-40-47(30-33-69(57)81)79-63-23-11-5-17-51(63)52-18-6-12-24-64(52)79/h5-44H,1-4H3. The molecule has 0 amide bonds. The monoisotopic (exact) mass is 1070 g/mol. The zero-order valence-electron chi connectivity index (χ0n) is 46.8. The topological polar surface area (TPSA) is 33.9 Å². The number of benzene rings is 12. The molecule has 12 aromatic carbocycles. The van der Waals surface area contributed by atoms with E-state index in [0.29, 0.717) is 0 Å². The second-order valence-corrected chi connectivity index (χ2v) is 24.5. The average molecular weight is 1070 g/mol. The number of rotatable bonds is 4. The average Bonchev–Trinajstić information content (AvgIpc) is 2.17. The summed E-state index contributed by atoms with van der Waals surface area (Å²) in [6.45, 7) is 9.06. The van der Waals surface area contributed by atoms with Gasteiger partial charge in [-0.05, 0) is 161 Å². The molecule has 0 fully saturated rings. The van der Waals surface area contributed by atoms with E-state index in [-0.39, 0.29) is 12.1 Å². The minimum absolute atomic E-state index is 0.0665. The van der Waals surface area contributed by atoms with Crippen molar-refractivity contribution in [2.24, 2.45) is 0 Å². The number of fused-ring (bicyclic) bond motifs is 19. The zero-order chi connectivity index (χ0) is 55.4. The van der Waals surface area contributed by atoms with Gasteiger partial charge in [-0.3, -0.25) is 0 Å². The van der Waals surface area contributed by atoms with Gasteiger partial charge in [-0.15, -0.1) is 0 Å². The predicted molar refractivity (Wildman–Crippen MR) is 353 cm³/mol. The quantitative estimate of drug-likeness (QED) is 0.162. The number of hydrogen-bond donors (Lipinski definition) is 0. The van der Waals surface area contributed by atoms with E-state index < -0.39 is 0 Å². The number of ether oxygens (including phenoxy) is 1. The van der Waals surface area contributed by atoms with Crippen LogP contribution in [0.2, 0.25) is 0 Å². The molecule has 0 bridgehead atoms. The Kier molecular flexibility index (Phi) is 8.99. The Morgan fingerprint density at radius 1 is 0.310 bits per heavy atom. The predicted octanol–water partition coefficient (Wildman–Crippen LogP) is 17.7. The van der Waals surface area contributed by atoms with Crippen molar-refractivity contribution in [3.05, 3.63) is 254 Å². The SMILES string of the molecule is Cc1cc2c3c(c1)-n1c4ccc(-n5c6ccccc6c6cc(-n7c8ccccc8c8ccccc87)ccc65)cc4c4cc(-n5c6ccccc6c6cc(-n7c8ccccc8c8ccccc87)ccc65)cc(c41)B3c1cc(C(C)(C)C)ccc1O2. The summed E-state index contributed by atoms with van der Waals surface area (Å²) in [6, 6.07) is 91.0. The van der Waals surface area contributed by atoms with Gasteiger partial charge >= 0.3 is 0 Å².